The first-order valence-corrected chi connectivity index (χ1v) is 17.0. The maximum Gasteiger partial charge on any atom is 0.238 e. The van der Waals surface area contributed by atoms with E-state index < -0.39 is 0 Å². The van der Waals surface area contributed by atoms with Crippen molar-refractivity contribution >= 4 is 65.6 Å². The Labute approximate surface area is 291 Å². The van der Waals surface area contributed by atoms with Crippen LogP contribution in [0.4, 0.5) is 0 Å². The average molecular weight is 654 g/mol. The van der Waals surface area contributed by atoms with E-state index in [2.05, 4.69) is 130 Å². The minimum Gasteiger partial charge on any atom is -0.456 e. The lowest BCUT2D eigenvalue weighted by Crippen LogP contribution is -2.06. The summed E-state index contributed by atoms with van der Waals surface area (Å²) in [6.07, 6.45) is 0. The van der Waals surface area contributed by atoms with E-state index in [4.69, 9.17) is 19.4 Å². The van der Waals surface area contributed by atoms with Crippen LogP contribution in [0.25, 0.3) is 100.0 Å². The molecule has 0 N–H and O–H groups in total. The van der Waals surface area contributed by atoms with Crippen LogP contribution in [-0.4, -0.2) is 24.1 Å². The molecule has 0 saturated heterocycles. The molecule has 238 valence electrons. The number of hydrogen-bond donors (Lipinski definition) is 0. The highest BCUT2D eigenvalue weighted by Crippen LogP contribution is 2.41. The zero-order valence-corrected chi connectivity index (χ0v) is 27.2. The second-order valence-electron chi connectivity index (χ2n) is 12.9. The van der Waals surface area contributed by atoms with Gasteiger partial charge in [0.1, 0.15) is 11.2 Å². The van der Waals surface area contributed by atoms with E-state index in [1.54, 1.807) is 0 Å². The van der Waals surface area contributed by atoms with Crippen molar-refractivity contribution in [1.29, 1.82) is 0 Å². The van der Waals surface area contributed by atoms with Crippen LogP contribution >= 0.6 is 0 Å². The number of rotatable bonds is 4. The summed E-state index contributed by atoms with van der Waals surface area (Å²) in [6, 6.07) is 56.6. The zero-order valence-electron chi connectivity index (χ0n) is 27.2. The van der Waals surface area contributed by atoms with Crippen LogP contribution in [0.1, 0.15) is 0 Å². The van der Waals surface area contributed by atoms with Gasteiger partial charge in [-0.2, -0.15) is 9.97 Å². The van der Waals surface area contributed by atoms with Gasteiger partial charge in [0.2, 0.25) is 5.95 Å². The van der Waals surface area contributed by atoms with E-state index in [9.17, 15) is 0 Å². The fourth-order valence-corrected chi connectivity index (χ4v) is 7.77. The maximum absolute atomic E-state index is 6.63. The molecule has 6 heteroatoms. The van der Waals surface area contributed by atoms with Crippen LogP contribution < -0.4 is 0 Å². The van der Waals surface area contributed by atoms with Gasteiger partial charge in [0, 0.05) is 49.1 Å². The van der Waals surface area contributed by atoms with Crippen LogP contribution in [0.5, 0.6) is 0 Å². The molecule has 0 radical (unpaired) electrons. The Morgan fingerprint density at radius 1 is 0.392 bits per heavy atom. The molecule has 6 nitrogen and oxygen atoms in total. The predicted octanol–water partition coefficient (Wildman–Crippen LogP) is 11.3. The van der Waals surface area contributed by atoms with Gasteiger partial charge >= 0.3 is 0 Å². The van der Waals surface area contributed by atoms with E-state index >= 15 is 0 Å². The smallest absolute Gasteiger partial charge is 0.238 e. The fourth-order valence-electron chi connectivity index (χ4n) is 7.77. The molecule has 0 bridgehead atoms. The van der Waals surface area contributed by atoms with Gasteiger partial charge in [-0.15, -0.1) is 0 Å². The second-order valence-corrected chi connectivity index (χ2v) is 12.9. The van der Waals surface area contributed by atoms with Crippen LogP contribution in [0, 0.1) is 0 Å². The summed E-state index contributed by atoms with van der Waals surface area (Å²) >= 11 is 0. The van der Waals surface area contributed by atoms with Gasteiger partial charge in [-0.25, -0.2) is 4.98 Å². The molecule has 7 aromatic carbocycles. The Morgan fingerprint density at radius 3 is 1.69 bits per heavy atom. The van der Waals surface area contributed by atoms with Crippen molar-refractivity contribution in [2.45, 2.75) is 0 Å². The number of aromatic nitrogens is 5. The van der Waals surface area contributed by atoms with E-state index in [0.29, 0.717) is 17.6 Å². The molecule has 0 amide bonds. The molecule has 0 aliphatic heterocycles. The Morgan fingerprint density at radius 2 is 0.980 bits per heavy atom. The lowest BCUT2D eigenvalue weighted by molar-refractivity contribution is 0.669. The second kappa shape index (κ2) is 10.7. The summed E-state index contributed by atoms with van der Waals surface area (Å²) in [7, 11) is 0. The van der Waals surface area contributed by atoms with Crippen molar-refractivity contribution in [3.8, 4) is 34.4 Å². The van der Waals surface area contributed by atoms with Crippen LogP contribution in [0.15, 0.2) is 168 Å². The summed E-state index contributed by atoms with van der Waals surface area (Å²) in [5.74, 6) is 1.75. The first-order valence-electron chi connectivity index (χ1n) is 17.0. The fraction of sp³-hybridized carbons (Fsp3) is 0. The van der Waals surface area contributed by atoms with Crippen molar-refractivity contribution in [2.75, 3.05) is 0 Å². The summed E-state index contributed by atoms with van der Waals surface area (Å²) in [4.78, 5) is 15.6. The van der Waals surface area contributed by atoms with E-state index in [1.165, 1.54) is 5.39 Å². The van der Waals surface area contributed by atoms with Crippen molar-refractivity contribution in [3.63, 3.8) is 0 Å². The third-order valence-corrected chi connectivity index (χ3v) is 9.98. The van der Waals surface area contributed by atoms with Crippen molar-refractivity contribution in [3.05, 3.63) is 164 Å². The standard InChI is InChI=1S/C45H27N5O/c1-3-14-28(15-4-1)43-46-44(48-45(47-43)50-37-23-11-7-18-30(37)31-19-8-12-24-38(31)50)33-21-13-25-40-42(33)35-26-39-34(27-41(35)51-40)32-20-9-10-22-36(32)49(39)29-16-5-2-6-17-29/h1-27H. The SMILES string of the molecule is c1ccc(-c2nc(-c3cccc4oc5cc6c7ccccc7n(-c7ccccc7)c6cc5c34)nc(-n3c4ccccc4c4ccccc43)n2)cc1. The first kappa shape index (κ1) is 27.9. The lowest BCUT2D eigenvalue weighted by atomic mass is 10.0. The number of nitrogens with zero attached hydrogens (tertiary/aromatic N) is 5. The highest BCUT2D eigenvalue weighted by Gasteiger charge is 2.22. The molecule has 11 rings (SSSR count). The summed E-state index contributed by atoms with van der Waals surface area (Å²) in [5, 5.41) is 6.60. The first-order chi connectivity index (χ1) is 25.3. The molecule has 0 atom stereocenters. The number of fused-ring (bicyclic) bond motifs is 9. The average Bonchev–Trinajstić information content (AvgIpc) is 3.85. The normalized spacial score (nSPS) is 11.9. The molecule has 0 saturated carbocycles. The molecule has 51 heavy (non-hydrogen) atoms. The monoisotopic (exact) mass is 653 g/mol. The quantitative estimate of drug-likeness (QED) is 0.190. The Balaban J connectivity index is 1.22. The Kier molecular flexibility index (Phi) is 5.86. The number of hydrogen-bond acceptors (Lipinski definition) is 4. The minimum atomic E-state index is 0.563. The number of para-hydroxylation sites is 4. The minimum absolute atomic E-state index is 0.563. The molecule has 0 aliphatic rings. The largest absolute Gasteiger partial charge is 0.456 e. The van der Waals surface area contributed by atoms with Gasteiger partial charge in [-0.05, 0) is 48.5 Å². The maximum atomic E-state index is 6.63. The van der Waals surface area contributed by atoms with Gasteiger partial charge in [0.25, 0.3) is 0 Å². The Hall–Kier alpha value is -7.05. The topological polar surface area (TPSA) is 61.7 Å². The van der Waals surface area contributed by atoms with Crippen molar-refractivity contribution < 1.29 is 4.42 Å². The summed E-state index contributed by atoms with van der Waals surface area (Å²) < 4.78 is 11.1. The van der Waals surface area contributed by atoms with Crippen LogP contribution in [0.2, 0.25) is 0 Å². The lowest BCUT2D eigenvalue weighted by Gasteiger charge is -2.11. The Bertz CT molecular complexity index is 3080. The van der Waals surface area contributed by atoms with Gasteiger partial charge < -0.3 is 8.98 Å². The molecule has 4 heterocycles. The summed E-state index contributed by atoms with van der Waals surface area (Å²) in [6.45, 7) is 0. The predicted molar refractivity (Wildman–Crippen MR) is 207 cm³/mol. The van der Waals surface area contributed by atoms with Crippen molar-refractivity contribution in [2.24, 2.45) is 0 Å². The number of furan rings is 1. The number of benzene rings is 7. The molecular formula is C45H27N5O. The summed E-state index contributed by atoms with van der Waals surface area (Å²) in [5.41, 5.74) is 8.85. The van der Waals surface area contributed by atoms with Crippen LogP contribution in [-0.2, 0) is 0 Å². The molecule has 0 fully saturated rings. The van der Waals surface area contributed by atoms with Gasteiger partial charge in [-0.3, -0.25) is 4.57 Å². The third-order valence-electron chi connectivity index (χ3n) is 9.98. The van der Waals surface area contributed by atoms with Gasteiger partial charge in [-0.1, -0.05) is 115 Å². The van der Waals surface area contributed by atoms with Gasteiger partial charge in [0.15, 0.2) is 11.6 Å². The molecule has 11 aromatic rings. The third kappa shape index (κ3) is 4.14. The zero-order chi connectivity index (χ0) is 33.5. The molecular weight excluding hydrogens is 627 g/mol. The highest BCUT2D eigenvalue weighted by molar-refractivity contribution is 6.19. The van der Waals surface area contributed by atoms with E-state index in [0.717, 1.165) is 77.0 Å². The van der Waals surface area contributed by atoms with E-state index in [-0.39, 0.29) is 0 Å². The molecule has 4 aromatic heterocycles. The molecule has 0 spiro atoms. The van der Waals surface area contributed by atoms with Gasteiger partial charge in [0.05, 0.1) is 22.1 Å². The highest BCUT2D eigenvalue weighted by atomic mass is 16.3. The van der Waals surface area contributed by atoms with Crippen LogP contribution in [0.3, 0.4) is 0 Å². The van der Waals surface area contributed by atoms with Crippen molar-refractivity contribution in [1.82, 2.24) is 24.1 Å². The molecule has 0 aliphatic carbocycles. The van der Waals surface area contributed by atoms with E-state index in [1.807, 2.05) is 42.5 Å². The molecule has 0 unspecified atom stereocenters.